The minimum Gasteiger partial charge on any atom is -0.477 e. The zero-order valence-electron chi connectivity index (χ0n) is 57.6. The fraction of sp³-hybridized carbons (Fsp3) is 0.908. The van der Waals surface area contributed by atoms with E-state index in [0.717, 1.165) is 44.9 Å². The van der Waals surface area contributed by atoms with Crippen LogP contribution in [0.15, 0.2) is 24.3 Å². The molecule has 0 aliphatic carbocycles. The molecule has 2 atom stereocenters. The van der Waals surface area contributed by atoms with Crippen LogP contribution >= 0.6 is 0 Å². The van der Waals surface area contributed by atoms with E-state index >= 15 is 0 Å². The van der Waals surface area contributed by atoms with Gasteiger partial charge < -0.3 is 28.5 Å². The highest BCUT2D eigenvalue weighted by Gasteiger charge is 2.25. The largest absolute Gasteiger partial charge is 0.477 e. The Balaban J connectivity index is 4.00. The Bertz CT molecular complexity index is 1440. The Morgan fingerprint density at radius 2 is 0.635 bits per heavy atom. The summed E-state index contributed by atoms with van der Waals surface area (Å²) in [5.74, 6) is -1.97. The van der Waals surface area contributed by atoms with E-state index in [1.807, 2.05) is 21.1 Å². The summed E-state index contributed by atoms with van der Waals surface area (Å²) in [6, 6.07) is 0. The van der Waals surface area contributed by atoms with E-state index in [1.165, 1.54) is 315 Å². The number of ether oxygens (including phenoxy) is 4. The normalized spacial score (nSPS) is 12.7. The molecule has 0 rings (SSSR count). The average Bonchev–Trinajstić information content (AvgIpc) is 3.48. The van der Waals surface area contributed by atoms with Gasteiger partial charge in [0.15, 0.2) is 6.10 Å². The van der Waals surface area contributed by atoms with Crippen molar-refractivity contribution in [1.82, 2.24) is 0 Å². The molecule has 85 heavy (non-hydrogen) atoms. The van der Waals surface area contributed by atoms with Gasteiger partial charge in [0, 0.05) is 12.8 Å². The topological polar surface area (TPSA) is 108 Å². The minimum atomic E-state index is -1.51. The number of hydrogen-bond donors (Lipinski definition) is 1. The van der Waals surface area contributed by atoms with Crippen LogP contribution in [0, 0.1) is 0 Å². The van der Waals surface area contributed by atoms with Gasteiger partial charge in [0.2, 0.25) is 0 Å². The van der Waals surface area contributed by atoms with Crippen molar-refractivity contribution >= 4 is 17.9 Å². The van der Waals surface area contributed by atoms with Gasteiger partial charge in [-0.2, -0.15) is 0 Å². The first-order chi connectivity index (χ1) is 41.6. The summed E-state index contributed by atoms with van der Waals surface area (Å²) in [5.41, 5.74) is 0. The zero-order chi connectivity index (χ0) is 61.9. The number of carboxylic acid groups (broad SMARTS) is 1. The van der Waals surface area contributed by atoms with Gasteiger partial charge in [-0.1, -0.05) is 353 Å². The Kier molecular flexibility index (Phi) is 65.9. The summed E-state index contributed by atoms with van der Waals surface area (Å²) < 4.78 is 23.0. The molecule has 0 aliphatic heterocycles. The van der Waals surface area contributed by atoms with Crippen molar-refractivity contribution in [1.29, 1.82) is 0 Å². The maximum atomic E-state index is 13.0. The second-order valence-corrected chi connectivity index (χ2v) is 27.0. The fourth-order valence-corrected chi connectivity index (χ4v) is 11.5. The van der Waals surface area contributed by atoms with Crippen LogP contribution in [0.2, 0.25) is 0 Å². The Labute approximate surface area is 528 Å². The second kappa shape index (κ2) is 67.7. The van der Waals surface area contributed by atoms with Crippen LogP contribution in [0.25, 0.3) is 0 Å². The van der Waals surface area contributed by atoms with Crippen LogP contribution in [-0.2, 0) is 33.3 Å². The van der Waals surface area contributed by atoms with Crippen molar-refractivity contribution in [2.75, 3.05) is 47.5 Å². The lowest BCUT2D eigenvalue weighted by Crippen LogP contribution is -2.40. The minimum absolute atomic E-state index is 0.175. The van der Waals surface area contributed by atoms with Gasteiger partial charge in [0.25, 0.3) is 6.29 Å². The van der Waals surface area contributed by atoms with Crippen LogP contribution in [-0.4, -0.2) is 87.4 Å². The molecule has 9 nitrogen and oxygen atoms in total. The lowest BCUT2D eigenvalue weighted by Gasteiger charge is -2.25. The van der Waals surface area contributed by atoms with Gasteiger partial charge in [-0.3, -0.25) is 9.59 Å². The van der Waals surface area contributed by atoms with E-state index in [9.17, 15) is 19.5 Å². The summed E-state index contributed by atoms with van der Waals surface area (Å²) in [6.45, 7) is 4.95. The number of unbranched alkanes of at least 4 members (excludes halogenated alkanes) is 52. The van der Waals surface area contributed by atoms with Gasteiger partial charge in [0.1, 0.15) is 13.2 Å². The summed E-state index contributed by atoms with van der Waals surface area (Å²) in [7, 11) is 5.99. The molecule has 0 radical (unpaired) electrons. The van der Waals surface area contributed by atoms with Crippen LogP contribution in [0.5, 0.6) is 0 Å². The van der Waals surface area contributed by atoms with Crippen LogP contribution in [0.1, 0.15) is 386 Å². The molecule has 0 aromatic heterocycles. The van der Waals surface area contributed by atoms with Gasteiger partial charge in [-0.25, -0.2) is 4.79 Å². The Hall–Kier alpha value is -2.23. The highest BCUT2D eigenvalue weighted by molar-refractivity contribution is 5.71. The molecule has 502 valence electrons. The lowest BCUT2D eigenvalue weighted by molar-refractivity contribution is -0.870. The van der Waals surface area contributed by atoms with Crippen LogP contribution in [0.4, 0.5) is 0 Å². The summed E-state index contributed by atoms with van der Waals surface area (Å²) in [4.78, 5) is 37.7. The number of quaternary nitrogens is 1. The second-order valence-electron chi connectivity index (χ2n) is 27.0. The van der Waals surface area contributed by atoms with E-state index in [0.29, 0.717) is 17.4 Å². The maximum absolute atomic E-state index is 13.0. The predicted octanol–water partition coefficient (Wildman–Crippen LogP) is 23.4. The van der Waals surface area contributed by atoms with Gasteiger partial charge in [0.05, 0.1) is 34.4 Å². The third-order valence-corrected chi connectivity index (χ3v) is 17.2. The molecular weight excluding hydrogens is 1050 g/mol. The molecule has 0 fully saturated rings. The third-order valence-electron chi connectivity index (χ3n) is 17.2. The molecular formula is C76H146NO8+. The monoisotopic (exact) mass is 1200 g/mol. The van der Waals surface area contributed by atoms with Crippen molar-refractivity contribution in [3.63, 3.8) is 0 Å². The number of rotatable bonds is 71. The Morgan fingerprint density at radius 3 is 0.929 bits per heavy atom. The number of hydrogen-bond acceptors (Lipinski definition) is 7. The van der Waals surface area contributed by atoms with E-state index < -0.39 is 18.4 Å². The van der Waals surface area contributed by atoms with Crippen molar-refractivity contribution in [3.8, 4) is 0 Å². The standard InChI is InChI=1S/C76H145NO8/c1-6-8-10-12-14-16-18-20-22-24-26-28-30-32-34-35-36-37-38-39-41-42-44-46-48-50-52-54-56-58-60-62-64-66-73(78)83-70-72(71-84-76(75(80)81)82-69-68-77(3,4)5)85-74(79)67-65-63-61-59-57-55-53-51-49-47-45-43-40-33-31-29-27-25-23-21-19-17-15-13-11-9-7-2/h19,21,25,27,72,76H,6-18,20,22-24,26,28-71H2,1-5H3/p+1/b21-19-,27-25-. The van der Waals surface area contributed by atoms with E-state index in [4.69, 9.17) is 18.9 Å². The number of esters is 2. The van der Waals surface area contributed by atoms with Crippen molar-refractivity contribution < 1.29 is 42.9 Å². The summed E-state index contributed by atoms with van der Waals surface area (Å²) >= 11 is 0. The summed E-state index contributed by atoms with van der Waals surface area (Å²) in [6.07, 6.45) is 81.7. The average molecular weight is 1200 g/mol. The maximum Gasteiger partial charge on any atom is 0.361 e. The molecule has 0 bridgehead atoms. The van der Waals surface area contributed by atoms with E-state index in [1.54, 1.807) is 0 Å². The molecule has 0 saturated heterocycles. The Morgan fingerprint density at radius 1 is 0.353 bits per heavy atom. The number of carbonyl (C=O) groups is 3. The molecule has 1 N–H and O–H groups in total. The summed E-state index contributed by atoms with van der Waals surface area (Å²) in [5, 5.41) is 9.76. The third kappa shape index (κ3) is 69.1. The lowest BCUT2D eigenvalue weighted by atomic mass is 10.0. The molecule has 0 aromatic rings. The molecule has 0 aromatic carbocycles. The molecule has 0 amide bonds. The number of likely N-dealkylation sites (N-methyl/N-ethyl adjacent to an activating group) is 1. The molecule has 2 unspecified atom stereocenters. The number of carbonyl (C=O) groups excluding carboxylic acids is 2. The zero-order valence-corrected chi connectivity index (χ0v) is 57.6. The van der Waals surface area contributed by atoms with Crippen molar-refractivity contribution in [3.05, 3.63) is 24.3 Å². The molecule has 0 saturated carbocycles. The highest BCUT2D eigenvalue weighted by Crippen LogP contribution is 2.20. The SMILES string of the molecule is CCCCCCC/C=C\C/C=C\CCCCCCCCCCCCCCCCCC(=O)OC(COC(=O)CCCCCCCCCCCCCCCCCCCCCCCCCCCCCCCCCCC)COC(OCC[N+](C)(C)C)C(=O)O. The first kappa shape index (κ1) is 82.8. The van der Waals surface area contributed by atoms with Crippen LogP contribution < -0.4 is 0 Å². The van der Waals surface area contributed by atoms with Gasteiger partial charge in [-0.05, 0) is 44.9 Å². The van der Waals surface area contributed by atoms with Crippen molar-refractivity contribution in [2.45, 2.75) is 399 Å². The van der Waals surface area contributed by atoms with Gasteiger partial charge >= 0.3 is 17.9 Å². The first-order valence-electron chi connectivity index (χ1n) is 37.5. The van der Waals surface area contributed by atoms with Crippen LogP contribution in [0.3, 0.4) is 0 Å². The predicted molar refractivity (Wildman–Crippen MR) is 364 cm³/mol. The van der Waals surface area contributed by atoms with E-state index in [2.05, 4.69) is 38.2 Å². The number of allylic oxidation sites excluding steroid dienone is 4. The molecule has 9 heteroatoms. The quantitative estimate of drug-likeness (QED) is 0.0211. The van der Waals surface area contributed by atoms with Gasteiger partial charge in [-0.15, -0.1) is 0 Å². The molecule has 0 spiro atoms. The number of aliphatic carboxylic acids is 1. The molecule has 0 heterocycles. The molecule has 0 aliphatic rings. The smallest absolute Gasteiger partial charge is 0.361 e. The first-order valence-corrected chi connectivity index (χ1v) is 37.5. The van der Waals surface area contributed by atoms with E-state index in [-0.39, 0.29) is 38.2 Å². The van der Waals surface area contributed by atoms with Crippen molar-refractivity contribution in [2.24, 2.45) is 0 Å². The number of carboxylic acids is 1. The highest BCUT2D eigenvalue weighted by atomic mass is 16.7. The fourth-order valence-electron chi connectivity index (χ4n) is 11.5. The number of nitrogens with zero attached hydrogens (tertiary/aromatic N) is 1.